The van der Waals surface area contributed by atoms with Crippen LogP contribution in [0, 0.1) is 5.92 Å². The summed E-state index contributed by atoms with van der Waals surface area (Å²) in [4.78, 5) is 0. The molecule has 0 saturated heterocycles. The molecule has 16 heavy (non-hydrogen) atoms. The quantitative estimate of drug-likeness (QED) is 0.723. The number of nitrogens with one attached hydrogen (secondary N) is 1. The Hall–Kier alpha value is -0.130. The van der Waals surface area contributed by atoms with E-state index in [0.717, 1.165) is 0 Å². The summed E-state index contributed by atoms with van der Waals surface area (Å²) in [5.74, 6) is 0.614. The minimum atomic E-state index is -3.09. The van der Waals surface area contributed by atoms with Gasteiger partial charge in [-0.2, -0.15) is 0 Å². The summed E-state index contributed by atoms with van der Waals surface area (Å²) in [5.41, 5.74) is 0. The lowest BCUT2D eigenvalue weighted by molar-refractivity contribution is 0.441. The van der Waals surface area contributed by atoms with E-state index >= 15 is 0 Å². The summed E-state index contributed by atoms with van der Waals surface area (Å²) < 4.78 is 25.8. The van der Waals surface area contributed by atoms with Gasteiger partial charge in [-0.1, -0.05) is 0 Å². The highest BCUT2D eigenvalue weighted by atomic mass is 32.2. The summed E-state index contributed by atoms with van der Waals surface area (Å²) in [6.07, 6.45) is 4.78. The summed E-state index contributed by atoms with van der Waals surface area (Å²) >= 11 is 0. The second kappa shape index (κ2) is 4.63. The van der Waals surface area contributed by atoms with Crippen molar-refractivity contribution in [2.24, 2.45) is 5.92 Å². The average Bonchev–Trinajstić information content (AvgIpc) is 3.07. The number of sulfonamides is 1. The highest BCUT2D eigenvalue weighted by Gasteiger charge is 2.32. The molecule has 94 valence electrons. The Morgan fingerprint density at radius 3 is 2.44 bits per heavy atom. The van der Waals surface area contributed by atoms with Crippen molar-refractivity contribution in [3.05, 3.63) is 0 Å². The third kappa shape index (κ3) is 3.18. The molecule has 2 fully saturated rings. The van der Waals surface area contributed by atoms with E-state index < -0.39 is 10.0 Å². The lowest BCUT2D eigenvalue weighted by Crippen LogP contribution is -2.41. The van der Waals surface area contributed by atoms with Crippen LogP contribution in [0.1, 0.15) is 32.6 Å². The molecule has 1 unspecified atom stereocenters. The van der Waals surface area contributed by atoms with Crippen molar-refractivity contribution in [3.8, 4) is 0 Å². The molecule has 1 atom stereocenters. The molecule has 0 aromatic rings. The maximum Gasteiger partial charge on any atom is 0.217 e. The molecular weight excluding hydrogens is 224 g/mol. The molecule has 1 N–H and O–H groups in total. The Morgan fingerprint density at radius 2 is 1.94 bits per heavy atom. The Morgan fingerprint density at radius 1 is 1.31 bits per heavy atom. The van der Waals surface area contributed by atoms with Gasteiger partial charge in [-0.3, -0.25) is 0 Å². The predicted molar refractivity (Wildman–Crippen MR) is 64.8 cm³/mol. The van der Waals surface area contributed by atoms with Crippen LogP contribution >= 0.6 is 0 Å². The number of hydrogen-bond donors (Lipinski definition) is 1. The molecule has 0 spiro atoms. The maximum atomic E-state index is 12.1. The Kier molecular flexibility index (Phi) is 3.56. The topological polar surface area (TPSA) is 49.4 Å². The molecule has 5 heteroatoms. The zero-order valence-corrected chi connectivity index (χ0v) is 11.0. The van der Waals surface area contributed by atoms with Crippen LogP contribution in [-0.4, -0.2) is 44.2 Å². The molecule has 0 aliphatic heterocycles. The molecule has 0 bridgehead atoms. The summed E-state index contributed by atoms with van der Waals surface area (Å²) in [7, 11) is -1.38. The van der Waals surface area contributed by atoms with Gasteiger partial charge >= 0.3 is 0 Å². The monoisotopic (exact) mass is 246 g/mol. The lowest BCUT2D eigenvalue weighted by Gasteiger charge is -2.22. The first-order chi connectivity index (χ1) is 7.50. The SMILES string of the molecule is CC(CNC1CC1)S(=O)(=O)N(C)CC1CC1. The van der Waals surface area contributed by atoms with E-state index in [2.05, 4.69) is 5.32 Å². The Bertz CT molecular complexity index is 334. The minimum absolute atomic E-state index is 0.308. The van der Waals surface area contributed by atoms with Crippen LogP contribution in [-0.2, 0) is 10.0 Å². The number of rotatable bonds is 7. The molecule has 2 aliphatic rings. The van der Waals surface area contributed by atoms with E-state index in [9.17, 15) is 8.42 Å². The molecule has 2 saturated carbocycles. The van der Waals surface area contributed by atoms with E-state index in [-0.39, 0.29) is 5.25 Å². The molecule has 0 heterocycles. The van der Waals surface area contributed by atoms with Gasteiger partial charge in [-0.05, 0) is 38.5 Å². The van der Waals surface area contributed by atoms with E-state index in [4.69, 9.17) is 0 Å². The van der Waals surface area contributed by atoms with Gasteiger partial charge in [0.2, 0.25) is 10.0 Å². The molecule has 0 aromatic heterocycles. The summed E-state index contributed by atoms with van der Waals surface area (Å²) in [6, 6.07) is 0.575. The molecule has 0 aromatic carbocycles. The van der Waals surface area contributed by atoms with E-state index in [0.29, 0.717) is 25.0 Å². The lowest BCUT2D eigenvalue weighted by atomic mass is 10.4. The Labute approximate surface area is 98.4 Å². The van der Waals surface area contributed by atoms with Crippen LogP contribution in [0.15, 0.2) is 0 Å². The summed E-state index contributed by atoms with van der Waals surface area (Å²) in [5, 5.41) is 2.97. The van der Waals surface area contributed by atoms with Crippen molar-refractivity contribution in [2.75, 3.05) is 20.1 Å². The minimum Gasteiger partial charge on any atom is -0.313 e. The fraction of sp³-hybridized carbons (Fsp3) is 1.00. The van der Waals surface area contributed by atoms with Gasteiger partial charge in [-0.15, -0.1) is 0 Å². The van der Waals surface area contributed by atoms with Crippen LogP contribution < -0.4 is 5.32 Å². The van der Waals surface area contributed by atoms with Gasteiger partial charge in [0.05, 0.1) is 5.25 Å². The van der Waals surface area contributed by atoms with Crippen molar-refractivity contribution in [1.82, 2.24) is 9.62 Å². The molecule has 0 amide bonds. The van der Waals surface area contributed by atoms with Gasteiger partial charge in [0.25, 0.3) is 0 Å². The third-order valence-electron chi connectivity index (χ3n) is 3.43. The molecular formula is C11H22N2O2S. The zero-order chi connectivity index (χ0) is 11.8. The second-order valence-corrected chi connectivity index (χ2v) is 7.72. The van der Waals surface area contributed by atoms with Crippen molar-refractivity contribution >= 4 is 10.0 Å². The van der Waals surface area contributed by atoms with Crippen molar-refractivity contribution in [2.45, 2.75) is 43.9 Å². The van der Waals surface area contributed by atoms with Gasteiger partial charge in [0, 0.05) is 26.2 Å². The van der Waals surface area contributed by atoms with E-state index in [1.165, 1.54) is 25.7 Å². The van der Waals surface area contributed by atoms with Crippen LogP contribution in [0.4, 0.5) is 0 Å². The van der Waals surface area contributed by atoms with Gasteiger partial charge in [0.15, 0.2) is 0 Å². The van der Waals surface area contributed by atoms with Crippen molar-refractivity contribution < 1.29 is 8.42 Å². The second-order valence-electron chi connectivity index (χ2n) is 5.26. The fourth-order valence-electron chi connectivity index (χ4n) is 1.80. The molecule has 4 nitrogen and oxygen atoms in total. The first-order valence-corrected chi connectivity index (χ1v) is 7.69. The van der Waals surface area contributed by atoms with Gasteiger partial charge < -0.3 is 5.32 Å². The normalized spacial score (nSPS) is 23.7. The van der Waals surface area contributed by atoms with Crippen molar-refractivity contribution in [1.29, 1.82) is 0 Å². The van der Waals surface area contributed by atoms with Crippen LogP contribution in [0.25, 0.3) is 0 Å². The van der Waals surface area contributed by atoms with Crippen LogP contribution in [0.2, 0.25) is 0 Å². The highest BCUT2D eigenvalue weighted by Crippen LogP contribution is 2.30. The average molecular weight is 246 g/mol. The Balaban J connectivity index is 1.82. The van der Waals surface area contributed by atoms with Gasteiger partial charge in [0.1, 0.15) is 0 Å². The zero-order valence-electron chi connectivity index (χ0n) is 10.1. The standard InChI is InChI=1S/C11H22N2O2S/c1-9(7-12-11-5-6-11)16(14,15)13(2)8-10-3-4-10/h9-12H,3-8H2,1-2H3. The maximum absolute atomic E-state index is 12.1. The van der Waals surface area contributed by atoms with E-state index in [1.807, 2.05) is 0 Å². The largest absolute Gasteiger partial charge is 0.313 e. The number of hydrogen-bond acceptors (Lipinski definition) is 3. The summed E-state index contributed by atoms with van der Waals surface area (Å²) in [6.45, 7) is 3.09. The van der Waals surface area contributed by atoms with Gasteiger partial charge in [-0.25, -0.2) is 12.7 Å². The molecule has 2 aliphatic carbocycles. The first kappa shape index (κ1) is 12.3. The predicted octanol–water partition coefficient (Wildman–Crippen LogP) is 0.798. The van der Waals surface area contributed by atoms with E-state index in [1.54, 1.807) is 18.3 Å². The number of nitrogens with zero attached hydrogens (tertiary/aromatic N) is 1. The van der Waals surface area contributed by atoms with Crippen molar-refractivity contribution in [3.63, 3.8) is 0 Å². The fourth-order valence-corrected chi connectivity index (χ4v) is 3.14. The van der Waals surface area contributed by atoms with Crippen LogP contribution in [0.3, 0.4) is 0 Å². The molecule has 2 rings (SSSR count). The molecule has 0 radical (unpaired) electrons. The van der Waals surface area contributed by atoms with Crippen LogP contribution in [0.5, 0.6) is 0 Å². The highest BCUT2D eigenvalue weighted by molar-refractivity contribution is 7.89. The first-order valence-electron chi connectivity index (χ1n) is 6.18. The third-order valence-corrected chi connectivity index (χ3v) is 5.63. The smallest absolute Gasteiger partial charge is 0.217 e.